The summed E-state index contributed by atoms with van der Waals surface area (Å²) in [7, 11) is 0. The summed E-state index contributed by atoms with van der Waals surface area (Å²) in [5.41, 5.74) is 9.23. The van der Waals surface area contributed by atoms with E-state index >= 15 is 0 Å². The number of aliphatic imine (C=N–C) groups is 1. The molecule has 0 N–H and O–H groups in total. The van der Waals surface area contributed by atoms with Gasteiger partial charge >= 0.3 is 21.1 Å². The fourth-order valence-electron chi connectivity index (χ4n) is 6.64. The van der Waals surface area contributed by atoms with Crippen LogP contribution in [0.3, 0.4) is 0 Å². The minimum atomic E-state index is -0.226. The van der Waals surface area contributed by atoms with Gasteiger partial charge in [0, 0.05) is 28.5 Å². The van der Waals surface area contributed by atoms with Gasteiger partial charge in [-0.25, -0.2) is 4.98 Å². The SMILES string of the molecule is Cc1cc2c([c-]c1Oc1[c-]c(C3=N[C@H](C(C)C)CO3)cc(-c3ccccc3)c1)-n1c3ncccc3c3cccc(c31)C2(C)C.[Pt+2]. The second kappa shape index (κ2) is 11.0. The molecule has 0 aliphatic carbocycles. The number of fused-ring (bicyclic) bond motifs is 5. The predicted molar refractivity (Wildman–Crippen MR) is 176 cm³/mol. The first-order valence-corrected chi connectivity index (χ1v) is 15.3. The molecule has 0 saturated heterocycles. The van der Waals surface area contributed by atoms with Crippen molar-refractivity contribution in [1.82, 2.24) is 9.55 Å². The zero-order valence-electron chi connectivity index (χ0n) is 25.9. The van der Waals surface area contributed by atoms with Gasteiger partial charge in [0.25, 0.3) is 0 Å². The molecular weight excluding hydrogens is 738 g/mol. The Morgan fingerprint density at radius 3 is 2.49 bits per heavy atom. The molecular formula is C39H33N3O2Pt. The van der Waals surface area contributed by atoms with Crippen LogP contribution in [0.4, 0.5) is 0 Å². The minimum Gasteiger partial charge on any atom is -0.518 e. The summed E-state index contributed by atoms with van der Waals surface area (Å²) in [6.45, 7) is 11.6. The van der Waals surface area contributed by atoms with Crippen molar-refractivity contribution in [3.63, 3.8) is 0 Å². The van der Waals surface area contributed by atoms with E-state index in [0.717, 1.165) is 39.0 Å². The van der Waals surface area contributed by atoms with E-state index in [9.17, 15) is 0 Å². The van der Waals surface area contributed by atoms with Gasteiger partial charge in [0.15, 0.2) is 0 Å². The average molecular weight is 771 g/mol. The summed E-state index contributed by atoms with van der Waals surface area (Å²) in [6.07, 6.45) is 1.86. The van der Waals surface area contributed by atoms with E-state index < -0.39 is 0 Å². The zero-order chi connectivity index (χ0) is 30.2. The van der Waals surface area contributed by atoms with Crippen LogP contribution in [-0.4, -0.2) is 28.1 Å². The maximum absolute atomic E-state index is 6.70. The third kappa shape index (κ3) is 4.71. The third-order valence-electron chi connectivity index (χ3n) is 9.16. The monoisotopic (exact) mass is 770 g/mol. The van der Waals surface area contributed by atoms with Crippen molar-refractivity contribution in [2.75, 3.05) is 6.61 Å². The molecule has 0 fully saturated rings. The van der Waals surface area contributed by atoms with Crippen LogP contribution in [0.25, 0.3) is 38.8 Å². The van der Waals surface area contributed by atoms with Crippen molar-refractivity contribution in [3.05, 3.63) is 119 Å². The van der Waals surface area contributed by atoms with Gasteiger partial charge in [0.05, 0.1) is 18.2 Å². The number of aryl methyl sites for hydroxylation is 1. The summed E-state index contributed by atoms with van der Waals surface area (Å²) in [6, 6.07) is 34.7. The van der Waals surface area contributed by atoms with Crippen molar-refractivity contribution in [3.8, 4) is 28.3 Å². The van der Waals surface area contributed by atoms with Gasteiger partial charge in [-0.15, -0.1) is 23.3 Å². The van der Waals surface area contributed by atoms with Crippen molar-refractivity contribution in [2.24, 2.45) is 10.9 Å². The second-order valence-corrected chi connectivity index (χ2v) is 12.8. The maximum Gasteiger partial charge on any atom is 2.00 e. The Hall–Kier alpha value is -4.21. The molecule has 6 aromatic rings. The van der Waals surface area contributed by atoms with Gasteiger partial charge < -0.3 is 14.0 Å². The molecule has 0 spiro atoms. The van der Waals surface area contributed by atoms with Gasteiger partial charge in [-0.1, -0.05) is 112 Å². The summed E-state index contributed by atoms with van der Waals surface area (Å²) in [5, 5.41) is 2.33. The van der Waals surface area contributed by atoms with Crippen LogP contribution in [0.5, 0.6) is 11.5 Å². The smallest absolute Gasteiger partial charge is 0.518 e. The number of hydrogen-bond acceptors (Lipinski definition) is 4. The molecule has 0 amide bonds. The van der Waals surface area contributed by atoms with Gasteiger partial charge in [0.2, 0.25) is 0 Å². The largest absolute Gasteiger partial charge is 2.00 e. The van der Waals surface area contributed by atoms with E-state index in [4.69, 9.17) is 19.5 Å². The maximum atomic E-state index is 6.70. The Kier molecular flexibility index (Phi) is 7.21. The van der Waals surface area contributed by atoms with E-state index in [-0.39, 0.29) is 32.5 Å². The Morgan fingerprint density at radius 1 is 0.911 bits per heavy atom. The van der Waals surface area contributed by atoms with Crippen molar-refractivity contribution in [1.29, 1.82) is 0 Å². The molecule has 6 heteroatoms. The molecule has 226 valence electrons. The first-order valence-electron chi connectivity index (χ1n) is 15.3. The van der Waals surface area contributed by atoms with Crippen LogP contribution in [0.15, 0.2) is 90.1 Å². The number of pyridine rings is 1. The van der Waals surface area contributed by atoms with Crippen LogP contribution >= 0.6 is 0 Å². The van der Waals surface area contributed by atoms with Gasteiger partial charge in [-0.05, 0) is 34.6 Å². The number of rotatable bonds is 5. The molecule has 4 aromatic carbocycles. The van der Waals surface area contributed by atoms with E-state index in [1.54, 1.807) is 0 Å². The first-order chi connectivity index (χ1) is 21.3. The Labute approximate surface area is 278 Å². The first kappa shape index (κ1) is 29.5. The zero-order valence-corrected chi connectivity index (χ0v) is 28.2. The van der Waals surface area contributed by atoms with Gasteiger partial charge in [-0.3, -0.25) is 4.99 Å². The van der Waals surface area contributed by atoms with E-state index in [1.165, 1.54) is 22.0 Å². The van der Waals surface area contributed by atoms with Crippen LogP contribution in [0.1, 0.15) is 49.9 Å². The van der Waals surface area contributed by atoms with Crippen LogP contribution in [0, 0.1) is 25.0 Å². The Morgan fingerprint density at radius 2 is 1.71 bits per heavy atom. The third-order valence-corrected chi connectivity index (χ3v) is 9.16. The van der Waals surface area contributed by atoms with Crippen molar-refractivity contribution in [2.45, 2.75) is 46.1 Å². The normalized spacial score (nSPS) is 16.3. The quantitative estimate of drug-likeness (QED) is 0.165. The van der Waals surface area contributed by atoms with Crippen LogP contribution in [0.2, 0.25) is 0 Å². The molecule has 0 bridgehead atoms. The summed E-state index contributed by atoms with van der Waals surface area (Å²) in [4.78, 5) is 9.72. The average Bonchev–Trinajstić information content (AvgIpc) is 3.66. The molecule has 8 rings (SSSR count). The fourth-order valence-corrected chi connectivity index (χ4v) is 6.64. The molecule has 5 nitrogen and oxygen atoms in total. The molecule has 0 saturated carbocycles. The van der Waals surface area contributed by atoms with Crippen molar-refractivity contribution < 1.29 is 30.5 Å². The number of para-hydroxylation sites is 1. The van der Waals surface area contributed by atoms with Gasteiger partial charge in [0.1, 0.15) is 11.5 Å². The van der Waals surface area contributed by atoms with Gasteiger partial charge in [-0.2, -0.15) is 6.07 Å². The molecule has 0 unspecified atom stereocenters. The van der Waals surface area contributed by atoms with Crippen LogP contribution in [-0.2, 0) is 31.2 Å². The summed E-state index contributed by atoms with van der Waals surface area (Å²) < 4.78 is 15.0. The molecule has 0 radical (unpaired) electrons. The number of aromatic nitrogens is 2. The fraction of sp³-hybridized carbons (Fsp3) is 0.231. The molecule has 1 atom stereocenters. The summed E-state index contributed by atoms with van der Waals surface area (Å²) in [5.74, 6) is 2.26. The standard InChI is InChI=1S/C39H33N3O2.Pt/c1-23(2)33-22-43-38(41-33)27-18-26(25-11-7-6-8-12-25)19-28(20-27)44-35-21-34-32(17-24(35)3)39(4,5)31-15-9-13-29-30-14-10-16-40-37(30)42(34)36(29)31;/h6-19,23,33H,22H2,1-5H3;/q-2;+2/t33-;/m0./s1. The minimum absolute atomic E-state index is 0. The molecule has 2 aliphatic heterocycles. The number of benzene rings is 4. The van der Waals surface area contributed by atoms with Crippen LogP contribution < -0.4 is 4.74 Å². The summed E-state index contributed by atoms with van der Waals surface area (Å²) >= 11 is 0. The van der Waals surface area contributed by atoms with E-state index in [0.29, 0.717) is 29.9 Å². The molecule has 2 aromatic heterocycles. The van der Waals surface area contributed by atoms with E-state index in [1.807, 2.05) is 36.5 Å². The molecule has 2 aliphatic rings. The topological polar surface area (TPSA) is 48.6 Å². The number of nitrogens with zero attached hydrogens (tertiary/aromatic N) is 3. The molecule has 4 heterocycles. The van der Waals surface area contributed by atoms with E-state index in [2.05, 4.69) is 99.8 Å². The Balaban J connectivity index is 0.00000325. The van der Waals surface area contributed by atoms with Crippen molar-refractivity contribution >= 4 is 27.8 Å². The number of hydrogen-bond donors (Lipinski definition) is 0. The molecule has 45 heavy (non-hydrogen) atoms. The Bertz CT molecular complexity index is 2130. The number of ether oxygens (including phenoxy) is 2. The predicted octanol–water partition coefficient (Wildman–Crippen LogP) is 8.98. The second-order valence-electron chi connectivity index (χ2n) is 12.8.